The maximum Gasteiger partial charge on any atom is 0.322 e. The highest BCUT2D eigenvalue weighted by Crippen LogP contribution is 2.12. The molecule has 2 atom stereocenters. The molecule has 19 heavy (non-hydrogen) atoms. The molecule has 1 fully saturated rings. The molecular weight excluding hydrogens is 240 g/mol. The molecular formula is C15H30N2O2. The molecule has 112 valence electrons. The lowest BCUT2D eigenvalue weighted by molar-refractivity contribution is -0.143. The van der Waals surface area contributed by atoms with E-state index in [0.717, 1.165) is 25.8 Å². The van der Waals surface area contributed by atoms with Gasteiger partial charge >= 0.3 is 5.97 Å². The number of piperidine rings is 1. The van der Waals surface area contributed by atoms with E-state index in [1.807, 2.05) is 0 Å². The number of unbranched alkanes of at least 4 members (excludes halogenated alkanes) is 1. The Balaban J connectivity index is 2.34. The molecule has 1 N–H and O–H groups in total. The minimum absolute atomic E-state index is 0.126. The van der Waals surface area contributed by atoms with Gasteiger partial charge in [-0.25, -0.2) is 0 Å². The number of rotatable bonds is 8. The van der Waals surface area contributed by atoms with Gasteiger partial charge in [0.25, 0.3) is 0 Å². The Morgan fingerprint density at radius 2 is 2.00 bits per heavy atom. The standard InChI is InChI=1S/C15H30N2O2/c1-4-5-9-14(15(18)19-3)16-12-13(2)17-10-7-6-8-11-17/h13-14,16H,4-12H2,1-3H3. The van der Waals surface area contributed by atoms with E-state index in [0.29, 0.717) is 6.04 Å². The summed E-state index contributed by atoms with van der Waals surface area (Å²) in [5, 5.41) is 3.39. The van der Waals surface area contributed by atoms with Gasteiger partial charge in [0.1, 0.15) is 6.04 Å². The van der Waals surface area contributed by atoms with Crippen molar-refractivity contribution < 1.29 is 9.53 Å². The lowest BCUT2D eigenvalue weighted by atomic mass is 10.1. The van der Waals surface area contributed by atoms with E-state index in [1.54, 1.807) is 0 Å². The van der Waals surface area contributed by atoms with Crippen LogP contribution in [0.5, 0.6) is 0 Å². The second-order valence-electron chi connectivity index (χ2n) is 5.57. The quantitative estimate of drug-likeness (QED) is 0.686. The number of carbonyl (C=O) groups excluding carboxylic acids is 1. The van der Waals surface area contributed by atoms with Gasteiger partial charge in [0.2, 0.25) is 0 Å². The smallest absolute Gasteiger partial charge is 0.322 e. The molecule has 0 saturated carbocycles. The first-order chi connectivity index (χ1) is 9.19. The van der Waals surface area contributed by atoms with Crippen molar-refractivity contribution in [3.63, 3.8) is 0 Å². The minimum Gasteiger partial charge on any atom is -0.468 e. The fourth-order valence-electron chi connectivity index (χ4n) is 2.65. The molecule has 0 aliphatic carbocycles. The van der Waals surface area contributed by atoms with Crippen molar-refractivity contribution in [3.05, 3.63) is 0 Å². The first kappa shape index (κ1) is 16.4. The Kier molecular flexibility index (Phi) is 8.07. The minimum atomic E-state index is -0.141. The summed E-state index contributed by atoms with van der Waals surface area (Å²) in [6.07, 6.45) is 7.01. The van der Waals surface area contributed by atoms with Crippen LogP contribution in [0.3, 0.4) is 0 Å². The van der Waals surface area contributed by atoms with Crippen LogP contribution in [0.15, 0.2) is 0 Å². The topological polar surface area (TPSA) is 41.6 Å². The van der Waals surface area contributed by atoms with Crippen molar-refractivity contribution in [3.8, 4) is 0 Å². The molecule has 1 heterocycles. The van der Waals surface area contributed by atoms with Crippen molar-refractivity contribution in [2.45, 2.75) is 64.5 Å². The molecule has 1 rings (SSSR count). The normalized spacial score (nSPS) is 19.9. The third kappa shape index (κ3) is 5.91. The van der Waals surface area contributed by atoms with Crippen LogP contribution >= 0.6 is 0 Å². The average molecular weight is 270 g/mol. The van der Waals surface area contributed by atoms with Crippen molar-refractivity contribution in [1.29, 1.82) is 0 Å². The van der Waals surface area contributed by atoms with Crippen LogP contribution in [0.1, 0.15) is 52.4 Å². The lowest BCUT2D eigenvalue weighted by Gasteiger charge is -2.33. The maximum absolute atomic E-state index is 11.7. The molecule has 1 aliphatic rings. The van der Waals surface area contributed by atoms with Crippen LogP contribution in [0.2, 0.25) is 0 Å². The van der Waals surface area contributed by atoms with Crippen molar-refractivity contribution >= 4 is 5.97 Å². The molecule has 4 heteroatoms. The molecule has 1 aliphatic heterocycles. The number of methoxy groups -OCH3 is 1. The van der Waals surface area contributed by atoms with Crippen LogP contribution in [0.25, 0.3) is 0 Å². The van der Waals surface area contributed by atoms with Crippen LogP contribution in [0, 0.1) is 0 Å². The van der Waals surface area contributed by atoms with Gasteiger partial charge in [-0.05, 0) is 39.3 Å². The van der Waals surface area contributed by atoms with E-state index in [-0.39, 0.29) is 12.0 Å². The summed E-state index contributed by atoms with van der Waals surface area (Å²) in [4.78, 5) is 14.2. The number of hydrogen-bond acceptors (Lipinski definition) is 4. The summed E-state index contributed by atoms with van der Waals surface area (Å²) in [5.41, 5.74) is 0. The zero-order valence-electron chi connectivity index (χ0n) is 12.8. The van der Waals surface area contributed by atoms with Gasteiger partial charge in [-0.15, -0.1) is 0 Å². The number of nitrogens with one attached hydrogen (secondary N) is 1. The highest BCUT2D eigenvalue weighted by molar-refractivity contribution is 5.75. The average Bonchev–Trinajstić information content (AvgIpc) is 2.47. The van der Waals surface area contributed by atoms with E-state index in [4.69, 9.17) is 4.74 Å². The van der Waals surface area contributed by atoms with Crippen LogP contribution in [-0.4, -0.2) is 49.7 Å². The van der Waals surface area contributed by atoms with Crippen molar-refractivity contribution in [1.82, 2.24) is 10.2 Å². The lowest BCUT2D eigenvalue weighted by Crippen LogP contribution is -2.47. The fraction of sp³-hybridized carbons (Fsp3) is 0.933. The third-order valence-corrected chi connectivity index (χ3v) is 4.01. The second-order valence-corrected chi connectivity index (χ2v) is 5.57. The van der Waals surface area contributed by atoms with E-state index in [1.165, 1.54) is 39.5 Å². The highest BCUT2D eigenvalue weighted by atomic mass is 16.5. The third-order valence-electron chi connectivity index (χ3n) is 4.01. The molecule has 0 aromatic rings. The zero-order valence-corrected chi connectivity index (χ0v) is 12.8. The molecule has 0 aromatic carbocycles. The summed E-state index contributed by atoms with van der Waals surface area (Å²) in [5.74, 6) is -0.126. The highest BCUT2D eigenvalue weighted by Gasteiger charge is 2.21. The number of likely N-dealkylation sites (tertiary alicyclic amines) is 1. The molecule has 1 saturated heterocycles. The van der Waals surface area contributed by atoms with Gasteiger partial charge in [-0.1, -0.05) is 26.2 Å². The predicted molar refractivity (Wildman–Crippen MR) is 78.2 cm³/mol. The predicted octanol–water partition coefficient (Wildman–Crippen LogP) is 2.18. The van der Waals surface area contributed by atoms with Gasteiger partial charge in [0, 0.05) is 12.6 Å². The number of ether oxygens (including phenoxy) is 1. The Hall–Kier alpha value is -0.610. The van der Waals surface area contributed by atoms with E-state index < -0.39 is 0 Å². The molecule has 2 unspecified atom stereocenters. The largest absolute Gasteiger partial charge is 0.468 e. The zero-order chi connectivity index (χ0) is 14.1. The fourth-order valence-corrected chi connectivity index (χ4v) is 2.65. The Bertz CT molecular complexity index is 253. The van der Waals surface area contributed by atoms with E-state index in [2.05, 4.69) is 24.1 Å². The number of carbonyl (C=O) groups is 1. The monoisotopic (exact) mass is 270 g/mol. The Morgan fingerprint density at radius 1 is 1.32 bits per heavy atom. The molecule has 0 amide bonds. The molecule has 0 radical (unpaired) electrons. The number of nitrogens with zero attached hydrogens (tertiary/aromatic N) is 1. The molecule has 4 nitrogen and oxygen atoms in total. The van der Waals surface area contributed by atoms with Gasteiger partial charge in [-0.3, -0.25) is 9.69 Å². The van der Waals surface area contributed by atoms with Crippen LogP contribution < -0.4 is 5.32 Å². The van der Waals surface area contributed by atoms with E-state index >= 15 is 0 Å². The summed E-state index contributed by atoms with van der Waals surface area (Å²) in [7, 11) is 1.47. The summed E-state index contributed by atoms with van der Waals surface area (Å²) >= 11 is 0. The molecule has 0 bridgehead atoms. The molecule has 0 spiro atoms. The Labute approximate surface area is 117 Å². The SMILES string of the molecule is CCCCC(NCC(C)N1CCCCC1)C(=O)OC. The van der Waals surface area contributed by atoms with Crippen LogP contribution in [-0.2, 0) is 9.53 Å². The van der Waals surface area contributed by atoms with Crippen molar-refractivity contribution in [2.75, 3.05) is 26.7 Å². The van der Waals surface area contributed by atoms with Gasteiger partial charge in [0.05, 0.1) is 7.11 Å². The van der Waals surface area contributed by atoms with Crippen LogP contribution in [0.4, 0.5) is 0 Å². The van der Waals surface area contributed by atoms with E-state index in [9.17, 15) is 4.79 Å². The Morgan fingerprint density at radius 3 is 2.58 bits per heavy atom. The van der Waals surface area contributed by atoms with Crippen molar-refractivity contribution in [2.24, 2.45) is 0 Å². The first-order valence-corrected chi connectivity index (χ1v) is 7.74. The summed E-state index contributed by atoms with van der Waals surface area (Å²) in [6.45, 7) is 7.64. The second kappa shape index (κ2) is 9.32. The van der Waals surface area contributed by atoms with Gasteiger partial charge in [0.15, 0.2) is 0 Å². The first-order valence-electron chi connectivity index (χ1n) is 7.74. The summed E-state index contributed by atoms with van der Waals surface area (Å²) in [6, 6.07) is 0.353. The number of esters is 1. The molecule has 0 aromatic heterocycles. The van der Waals surface area contributed by atoms with Gasteiger partial charge < -0.3 is 10.1 Å². The van der Waals surface area contributed by atoms with Gasteiger partial charge in [-0.2, -0.15) is 0 Å². The maximum atomic E-state index is 11.7. The summed E-state index contributed by atoms with van der Waals surface area (Å²) < 4.78 is 4.87. The number of hydrogen-bond donors (Lipinski definition) is 1.